The zero-order valence-electron chi connectivity index (χ0n) is 11.1. The van der Waals surface area contributed by atoms with E-state index in [4.69, 9.17) is 0 Å². The summed E-state index contributed by atoms with van der Waals surface area (Å²) in [6.45, 7) is 5.41. The fourth-order valence-electron chi connectivity index (χ4n) is 2.09. The lowest BCUT2D eigenvalue weighted by Crippen LogP contribution is -2.58. The molecule has 0 bridgehead atoms. The Morgan fingerprint density at radius 3 is 2.83 bits per heavy atom. The molecule has 6 nitrogen and oxygen atoms in total. The molecule has 1 saturated heterocycles. The van der Waals surface area contributed by atoms with Gasteiger partial charge < -0.3 is 10.6 Å². The number of sulfone groups is 1. The first kappa shape index (κ1) is 15.4. The van der Waals surface area contributed by atoms with Crippen LogP contribution in [-0.2, 0) is 14.6 Å². The summed E-state index contributed by atoms with van der Waals surface area (Å²) in [5.41, 5.74) is 0. The van der Waals surface area contributed by atoms with Gasteiger partial charge >= 0.3 is 0 Å². The van der Waals surface area contributed by atoms with E-state index in [2.05, 4.69) is 15.5 Å². The van der Waals surface area contributed by atoms with Crippen molar-refractivity contribution in [3.05, 3.63) is 0 Å². The van der Waals surface area contributed by atoms with Gasteiger partial charge in [-0.1, -0.05) is 0 Å². The Morgan fingerprint density at radius 1 is 1.50 bits per heavy atom. The van der Waals surface area contributed by atoms with Crippen LogP contribution in [0, 0.1) is 0 Å². The fourth-order valence-corrected chi connectivity index (χ4v) is 2.75. The summed E-state index contributed by atoms with van der Waals surface area (Å²) in [6.07, 6.45) is 1.82. The Kier molecular flexibility index (Phi) is 6.04. The van der Waals surface area contributed by atoms with Crippen LogP contribution in [0.15, 0.2) is 0 Å². The van der Waals surface area contributed by atoms with Crippen LogP contribution in [0.4, 0.5) is 0 Å². The highest BCUT2D eigenvalue weighted by Crippen LogP contribution is 2.05. The monoisotopic (exact) mass is 277 g/mol. The lowest BCUT2D eigenvalue weighted by molar-refractivity contribution is -0.126. The lowest BCUT2D eigenvalue weighted by Gasteiger charge is -2.35. The van der Waals surface area contributed by atoms with Crippen molar-refractivity contribution in [2.45, 2.75) is 19.4 Å². The first-order valence-corrected chi connectivity index (χ1v) is 8.40. The van der Waals surface area contributed by atoms with Crippen molar-refractivity contribution < 1.29 is 13.2 Å². The van der Waals surface area contributed by atoms with E-state index in [1.54, 1.807) is 0 Å². The first-order valence-electron chi connectivity index (χ1n) is 6.34. The van der Waals surface area contributed by atoms with Gasteiger partial charge in [-0.15, -0.1) is 0 Å². The molecule has 1 unspecified atom stereocenters. The van der Waals surface area contributed by atoms with Gasteiger partial charge in [0.25, 0.3) is 0 Å². The normalized spacial score (nSPS) is 21.8. The van der Waals surface area contributed by atoms with Crippen LogP contribution in [0.2, 0.25) is 0 Å². The molecule has 2 N–H and O–H groups in total. The van der Waals surface area contributed by atoms with Crippen LogP contribution in [0.1, 0.15) is 13.3 Å². The Balaban J connectivity index is 2.47. The number of piperazine rings is 1. The predicted molar refractivity (Wildman–Crippen MR) is 71.2 cm³/mol. The smallest absolute Gasteiger partial charge is 0.238 e. The summed E-state index contributed by atoms with van der Waals surface area (Å²) in [6, 6.07) is -0.182. The van der Waals surface area contributed by atoms with Crippen LogP contribution in [-0.4, -0.2) is 70.0 Å². The Morgan fingerprint density at radius 2 is 2.22 bits per heavy atom. The molecule has 0 aromatic rings. The molecule has 7 heteroatoms. The van der Waals surface area contributed by atoms with Crippen molar-refractivity contribution in [1.29, 1.82) is 0 Å². The van der Waals surface area contributed by atoms with Gasteiger partial charge in [0, 0.05) is 32.4 Å². The minimum absolute atomic E-state index is 0.0176. The zero-order valence-corrected chi connectivity index (χ0v) is 11.9. The van der Waals surface area contributed by atoms with Gasteiger partial charge in [0.05, 0.1) is 5.75 Å². The third-order valence-corrected chi connectivity index (χ3v) is 4.00. The van der Waals surface area contributed by atoms with Gasteiger partial charge in [-0.25, -0.2) is 8.42 Å². The third kappa shape index (κ3) is 5.32. The summed E-state index contributed by atoms with van der Waals surface area (Å²) in [4.78, 5) is 13.9. The minimum atomic E-state index is -2.92. The van der Waals surface area contributed by atoms with Crippen molar-refractivity contribution in [1.82, 2.24) is 15.5 Å². The molecule has 1 rings (SSSR count). The maximum Gasteiger partial charge on any atom is 0.238 e. The zero-order chi connectivity index (χ0) is 13.6. The molecule has 1 aliphatic rings. The number of nitrogens with zero attached hydrogens (tertiary/aromatic N) is 1. The molecule has 0 radical (unpaired) electrons. The molecular formula is C11H23N3O3S. The fraction of sp³-hybridized carbons (Fsp3) is 0.909. The number of hydrogen-bond donors (Lipinski definition) is 2. The van der Waals surface area contributed by atoms with E-state index in [1.165, 1.54) is 6.26 Å². The number of carbonyl (C=O) groups excluding carboxylic acids is 1. The summed E-state index contributed by atoms with van der Waals surface area (Å²) >= 11 is 0. The highest BCUT2D eigenvalue weighted by atomic mass is 32.2. The van der Waals surface area contributed by atoms with Gasteiger partial charge in [0.1, 0.15) is 15.9 Å². The summed E-state index contributed by atoms with van der Waals surface area (Å²) in [5, 5.41) is 6.00. The van der Waals surface area contributed by atoms with Crippen LogP contribution in [0.25, 0.3) is 0 Å². The van der Waals surface area contributed by atoms with E-state index in [9.17, 15) is 13.2 Å². The summed E-state index contributed by atoms with van der Waals surface area (Å²) in [7, 11) is -2.92. The second-order valence-electron chi connectivity index (χ2n) is 4.63. The largest absolute Gasteiger partial charge is 0.355 e. The van der Waals surface area contributed by atoms with Crippen molar-refractivity contribution in [2.75, 3.05) is 44.7 Å². The highest BCUT2D eigenvalue weighted by Gasteiger charge is 2.27. The quantitative estimate of drug-likeness (QED) is 0.640. The first-order chi connectivity index (χ1) is 8.44. The van der Waals surface area contributed by atoms with Gasteiger partial charge in [-0.05, 0) is 19.9 Å². The third-order valence-electron chi connectivity index (χ3n) is 2.97. The molecule has 1 heterocycles. The maximum absolute atomic E-state index is 11.9. The number of hydrogen-bond acceptors (Lipinski definition) is 5. The molecule has 18 heavy (non-hydrogen) atoms. The number of carbonyl (C=O) groups is 1. The topological polar surface area (TPSA) is 78.5 Å². The number of nitrogens with one attached hydrogen (secondary N) is 2. The van der Waals surface area contributed by atoms with Crippen molar-refractivity contribution in [3.63, 3.8) is 0 Å². The molecule has 0 saturated carbocycles. The number of rotatable bonds is 6. The summed E-state index contributed by atoms with van der Waals surface area (Å²) < 4.78 is 22.2. The van der Waals surface area contributed by atoms with E-state index in [1.807, 2.05) is 6.92 Å². The van der Waals surface area contributed by atoms with E-state index in [-0.39, 0.29) is 17.7 Å². The van der Waals surface area contributed by atoms with E-state index in [0.29, 0.717) is 26.1 Å². The molecule has 0 spiro atoms. The number of amides is 1. The van der Waals surface area contributed by atoms with Crippen LogP contribution >= 0.6 is 0 Å². The number of likely N-dealkylation sites (N-methyl/N-ethyl adjacent to an activating group) is 1. The van der Waals surface area contributed by atoms with Gasteiger partial charge in [-0.2, -0.15) is 0 Å². The molecule has 1 aliphatic heterocycles. The molecule has 1 fully saturated rings. The van der Waals surface area contributed by atoms with Crippen molar-refractivity contribution in [2.24, 2.45) is 0 Å². The van der Waals surface area contributed by atoms with Crippen LogP contribution in [0.3, 0.4) is 0 Å². The highest BCUT2D eigenvalue weighted by molar-refractivity contribution is 7.90. The minimum Gasteiger partial charge on any atom is -0.355 e. The van der Waals surface area contributed by atoms with E-state index < -0.39 is 9.84 Å². The molecular weight excluding hydrogens is 254 g/mol. The van der Waals surface area contributed by atoms with Crippen molar-refractivity contribution >= 4 is 15.7 Å². The van der Waals surface area contributed by atoms with Crippen LogP contribution in [0.5, 0.6) is 0 Å². The summed E-state index contributed by atoms with van der Waals surface area (Å²) in [5.74, 6) is 0.197. The van der Waals surface area contributed by atoms with Gasteiger partial charge in [0.15, 0.2) is 0 Å². The average Bonchev–Trinajstić information content (AvgIpc) is 2.28. The second-order valence-corrected chi connectivity index (χ2v) is 6.89. The Hall–Kier alpha value is -0.660. The molecule has 0 aromatic heterocycles. The van der Waals surface area contributed by atoms with Crippen molar-refractivity contribution in [3.8, 4) is 0 Å². The molecule has 1 amide bonds. The molecule has 106 valence electrons. The Labute approximate surface area is 109 Å². The van der Waals surface area contributed by atoms with Crippen LogP contribution < -0.4 is 10.6 Å². The average molecular weight is 277 g/mol. The second kappa shape index (κ2) is 7.06. The van der Waals surface area contributed by atoms with Gasteiger partial charge in [-0.3, -0.25) is 9.69 Å². The maximum atomic E-state index is 11.9. The predicted octanol–water partition coefficient (Wildman–Crippen LogP) is -1.17. The SMILES string of the molecule is CCNC(=O)C1CNCCN1CCCS(C)(=O)=O. The van der Waals surface area contributed by atoms with E-state index in [0.717, 1.165) is 13.1 Å². The standard InChI is InChI=1S/C11H23N3O3S/c1-3-13-11(15)10-9-12-5-7-14(10)6-4-8-18(2,16)17/h10,12H,3-9H2,1-2H3,(H,13,15). The van der Waals surface area contributed by atoms with Gasteiger partial charge in [0.2, 0.25) is 5.91 Å². The molecule has 0 aromatic carbocycles. The molecule has 1 atom stereocenters. The molecule has 0 aliphatic carbocycles. The lowest BCUT2D eigenvalue weighted by atomic mass is 10.1. The van der Waals surface area contributed by atoms with E-state index >= 15 is 0 Å². The Bertz CT molecular complexity index is 370.